The second-order valence-electron chi connectivity index (χ2n) is 7.76. The van der Waals surface area contributed by atoms with E-state index >= 15 is 0 Å². The number of anilines is 1. The first-order valence-electron chi connectivity index (χ1n) is 10.0. The third kappa shape index (κ3) is 4.36. The number of pyridine rings is 1. The van der Waals surface area contributed by atoms with Crippen LogP contribution < -0.4 is 10.5 Å². The number of aryl methyl sites for hydroxylation is 2. The Kier molecular flexibility index (Phi) is 5.43. The molecule has 1 aliphatic rings. The van der Waals surface area contributed by atoms with Crippen molar-refractivity contribution in [3.05, 3.63) is 81.9 Å². The highest BCUT2D eigenvalue weighted by atomic mass is 19.1. The Morgan fingerprint density at radius 2 is 1.90 bits per heavy atom. The molecule has 0 unspecified atom stereocenters. The van der Waals surface area contributed by atoms with E-state index < -0.39 is 0 Å². The number of hydrogen-bond donors (Lipinski definition) is 0. The fourth-order valence-corrected chi connectivity index (χ4v) is 4.11. The topological polar surface area (TPSA) is 51.0 Å². The van der Waals surface area contributed by atoms with Crippen molar-refractivity contribution < 1.29 is 4.39 Å². The SMILES string of the molecule is Cc1cc(=O)n(-c2ccc(N3CCC(Cc4cccc(F)c4)CC3)cn2)c(C)n1. The number of rotatable bonds is 4. The van der Waals surface area contributed by atoms with Crippen LogP contribution in [-0.2, 0) is 6.42 Å². The molecule has 0 N–H and O–H groups in total. The van der Waals surface area contributed by atoms with Crippen LogP contribution in [0.4, 0.5) is 10.1 Å². The summed E-state index contributed by atoms with van der Waals surface area (Å²) in [6.45, 7) is 5.53. The average molecular weight is 392 g/mol. The van der Waals surface area contributed by atoms with E-state index in [9.17, 15) is 9.18 Å². The van der Waals surface area contributed by atoms with Crippen LogP contribution in [0.25, 0.3) is 5.82 Å². The van der Waals surface area contributed by atoms with Crippen molar-refractivity contribution in [3.8, 4) is 5.82 Å². The maximum atomic E-state index is 13.4. The minimum absolute atomic E-state index is 0.117. The van der Waals surface area contributed by atoms with Gasteiger partial charge in [0.1, 0.15) is 17.5 Å². The molecule has 1 fully saturated rings. The Balaban J connectivity index is 1.41. The molecule has 0 saturated carbocycles. The number of nitrogens with zero attached hydrogens (tertiary/aromatic N) is 4. The summed E-state index contributed by atoms with van der Waals surface area (Å²) in [7, 11) is 0. The molecule has 0 bridgehead atoms. The molecular formula is C23H25FN4O. The molecule has 0 atom stereocenters. The normalized spacial score (nSPS) is 14.9. The van der Waals surface area contributed by atoms with Crippen molar-refractivity contribution in [1.82, 2.24) is 14.5 Å². The number of piperidine rings is 1. The van der Waals surface area contributed by atoms with Crippen molar-refractivity contribution in [2.45, 2.75) is 33.1 Å². The summed E-state index contributed by atoms with van der Waals surface area (Å²) in [5.74, 6) is 1.63. The Bertz CT molecular complexity index is 1050. The van der Waals surface area contributed by atoms with Gasteiger partial charge >= 0.3 is 0 Å². The molecule has 1 aromatic carbocycles. The highest BCUT2D eigenvalue weighted by Crippen LogP contribution is 2.26. The lowest BCUT2D eigenvalue weighted by Crippen LogP contribution is -2.34. The summed E-state index contributed by atoms with van der Waals surface area (Å²) in [6.07, 6.45) is 4.89. The average Bonchev–Trinajstić information content (AvgIpc) is 2.68. The molecule has 1 aliphatic heterocycles. The van der Waals surface area contributed by atoms with Crippen molar-refractivity contribution in [1.29, 1.82) is 0 Å². The predicted octanol–water partition coefficient (Wildman–Crippen LogP) is 3.84. The zero-order valence-corrected chi connectivity index (χ0v) is 16.8. The molecule has 0 aliphatic carbocycles. The van der Waals surface area contributed by atoms with Crippen LogP contribution in [0.1, 0.15) is 29.9 Å². The van der Waals surface area contributed by atoms with Gasteiger partial charge in [0.15, 0.2) is 0 Å². The predicted molar refractivity (Wildman–Crippen MR) is 112 cm³/mol. The van der Waals surface area contributed by atoms with E-state index in [1.165, 1.54) is 16.7 Å². The first-order valence-corrected chi connectivity index (χ1v) is 10.0. The van der Waals surface area contributed by atoms with Crippen LogP contribution in [0, 0.1) is 25.6 Å². The highest BCUT2D eigenvalue weighted by molar-refractivity contribution is 5.47. The first-order chi connectivity index (χ1) is 14.0. The van der Waals surface area contributed by atoms with Crippen LogP contribution in [0.15, 0.2) is 53.5 Å². The van der Waals surface area contributed by atoms with Crippen LogP contribution in [0.5, 0.6) is 0 Å². The molecule has 5 nitrogen and oxygen atoms in total. The summed E-state index contributed by atoms with van der Waals surface area (Å²) < 4.78 is 14.9. The summed E-state index contributed by atoms with van der Waals surface area (Å²) in [6, 6.07) is 12.3. The minimum Gasteiger partial charge on any atom is -0.370 e. The Morgan fingerprint density at radius 1 is 1.10 bits per heavy atom. The highest BCUT2D eigenvalue weighted by Gasteiger charge is 2.20. The smallest absolute Gasteiger partial charge is 0.259 e. The van der Waals surface area contributed by atoms with Crippen LogP contribution in [0.3, 0.4) is 0 Å². The summed E-state index contributed by atoms with van der Waals surface area (Å²) in [4.78, 5) is 23.5. The molecule has 4 rings (SSSR count). The van der Waals surface area contributed by atoms with Gasteiger partial charge in [0, 0.05) is 24.8 Å². The van der Waals surface area contributed by atoms with Gasteiger partial charge in [0.05, 0.1) is 11.9 Å². The largest absolute Gasteiger partial charge is 0.370 e. The van der Waals surface area contributed by atoms with Gasteiger partial charge in [-0.15, -0.1) is 0 Å². The quantitative estimate of drug-likeness (QED) is 0.677. The van der Waals surface area contributed by atoms with Crippen LogP contribution in [0.2, 0.25) is 0 Å². The van der Waals surface area contributed by atoms with Crippen molar-refractivity contribution in [2.75, 3.05) is 18.0 Å². The van der Waals surface area contributed by atoms with Crippen LogP contribution >= 0.6 is 0 Å². The molecule has 2 aromatic heterocycles. The molecule has 0 amide bonds. The lowest BCUT2D eigenvalue weighted by molar-refractivity contribution is 0.403. The molecular weight excluding hydrogens is 367 g/mol. The summed E-state index contributed by atoms with van der Waals surface area (Å²) >= 11 is 0. The number of benzene rings is 1. The maximum Gasteiger partial charge on any atom is 0.259 e. The monoisotopic (exact) mass is 392 g/mol. The molecule has 29 heavy (non-hydrogen) atoms. The standard InChI is InChI=1S/C23H25FN4O/c1-16-12-23(29)28(17(2)26-16)22-7-6-21(15-25-22)27-10-8-18(9-11-27)13-19-4-3-5-20(24)14-19/h3-7,12,14-15,18H,8-11,13H2,1-2H3. The maximum absolute atomic E-state index is 13.4. The van der Waals surface area contributed by atoms with Crippen molar-refractivity contribution >= 4 is 5.69 Å². The van der Waals surface area contributed by atoms with E-state index in [0.29, 0.717) is 23.3 Å². The summed E-state index contributed by atoms with van der Waals surface area (Å²) in [5.41, 5.74) is 2.72. The van der Waals surface area contributed by atoms with Crippen LogP contribution in [-0.4, -0.2) is 27.6 Å². The van der Waals surface area contributed by atoms with E-state index in [4.69, 9.17) is 0 Å². The number of hydrogen-bond acceptors (Lipinski definition) is 4. The Morgan fingerprint density at radius 3 is 2.55 bits per heavy atom. The van der Waals surface area contributed by atoms with Gasteiger partial charge in [-0.25, -0.2) is 18.9 Å². The van der Waals surface area contributed by atoms with E-state index in [2.05, 4.69) is 14.9 Å². The molecule has 3 aromatic rings. The van der Waals surface area contributed by atoms with Gasteiger partial charge in [-0.2, -0.15) is 0 Å². The zero-order chi connectivity index (χ0) is 20.4. The number of halogens is 1. The first kappa shape index (κ1) is 19.3. The third-order valence-electron chi connectivity index (χ3n) is 5.57. The fourth-order valence-electron chi connectivity index (χ4n) is 4.11. The van der Waals surface area contributed by atoms with Gasteiger partial charge < -0.3 is 4.90 Å². The lowest BCUT2D eigenvalue weighted by atomic mass is 9.90. The van der Waals surface area contributed by atoms with Gasteiger partial charge in [-0.05, 0) is 68.9 Å². The molecule has 0 radical (unpaired) electrons. The Hall–Kier alpha value is -3.02. The van der Waals surface area contributed by atoms with E-state index in [-0.39, 0.29) is 11.4 Å². The molecule has 6 heteroatoms. The minimum atomic E-state index is -0.163. The third-order valence-corrected chi connectivity index (χ3v) is 5.57. The van der Waals surface area contributed by atoms with E-state index in [0.717, 1.165) is 43.6 Å². The molecule has 1 saturated heterocycles. The second kappa shape index (κ2) is 8.15. The van der Waals surface area contributed by atoms with Gasteiger partial charge in [0.2, 0.25) is 0 Å². The van der Waals surface area contributed by atoms with E-state index in [1.807, 2.05) is 38.2 Å². The molecule has 3 heterocycles. The summed E-state index contributed by atoms with van der Waals surface area (Å²) in [5, 5.41) is 0. The van der Waals surface area contributed by atoms with Gasteiger partial charge in [-0.1, -0.05) is 12.1 Å². The van der Waals surface area contributed by atoms with Gasteiger partial charge in [-0.3, -0.25) is 4.79 Å². The van der Waals surface area contributed by atoms with E-state index in [1.54, 1.807) is 12.1 Å². The zero-order valence-electron chi connectivity index (χ0n) is 16.8. The second-order valence-corrected chi connectivity index (χ2v) is 7.76. The number of aromatic nitrogens is 3. The Labute approximate surface area is 169 Å². The van der Waals surface area contributed by atoms with Crippen molar-refractivity contribution in [3.63, 3.8) is 0 Å². The molecule has 150 valence electrons. The van der Waals surface area contributed by atoms with Gasteiger partial charge in [0.25, 0.3) is 5.56 Å². The molecule has 0 spiro atoms. The lowest BCUT2D eigenvalue weighted by Gasteiger charge is -2.33. The van der Waals surface area contributed by atoms with Crippen molar-refractivity contribution in [2.24, 2.45) is 5.92 Å². The fraction of sp³-hybridized carbons (Fsp3) is 0.348.